The Morgan fingerprint density at radius 2 is 1.88 bits per heavy atom. The summed E-state index contributed by atoms with van der Waals surface area (Å²) in [6.07, 6.45) is 4.24. The van der Waals surface area contributed by atoms with Gasteiger partial charge in [-0.05, 0) is 55.3 Å². The van der Waals surface area contributed by atoms with E-state index in [2.05, 4.69) is 13.8 Å². The molecule has 3 fully saturated rings. The number of aliphatic hydroxyl groups is 3. The van der Waals surface area contributed by atoms with Crippen LogP contribution in [-0.4, -0.2) is 46.7 Å². The van der Waals surface area contributed by atoms with Crippen molar-refractivity contribution >= 4 is 5.97 Å². The van der Waals surface area contributed by atoms with E-state index in [1.54, 1.807) is 0 Å². The Labute approximate surface area is 150 Å². The molecule has 5 heteroatoms. The van der Waals surface area contributed by atoms with Crippen LogP contribution in [0.2, 0.25) is 0 Å². The van der Waals surface area contributed by atoms with Crippen LogP contribution in [0.5, 0.6) is 0 Å². The number of rotatable bonds is 4. The maximum atomic E-state index is 11.8. The zero-order chi connectivity index (χ0) is 18.4. The molecule has 0 bridgehead atoms. The van der Waals surface area contributed by atoms with Crippen LogP contribution in [0.1, 0.15) is 59.3 Å². The highest BCUT2D eigenvalue weighted by atomic mass is 16.6. The first kappa shape index (κ1) is 19.1. The summed E-state index contributed by atoms with van der Waals surface area (Å²) in [5.74, 6) is 0.612. The Morgan fingerprint density at radius 3 is 2.48 bits per heavy atom. The van der Waals surface area contributed by atoms with E-state index in [-0.39, 0.29) is 30.5 Å². The van der Waals surface area contributed by atoms with Crippen LogP contribution in [0.3, 0.4) is 0 Å². The number of ether oxygens (including phenoxy) is 1. The Kier molecular flexibility index (Phi) is 5.22. The lowest BCUT2D eigenvalue weighted by molar-refractivity contribution is -0.173. The molecule has 3 aliphatic rings. The van der Waals surface area contributed by atoms with Gasteiger partial charge in [0, 0.05) is 5.41 Å². The quantitative estimate of drug-likeness (QED) is 0.673. The maximum absolute atomic E-state index is 11.8. The van der Waals surface area contributed by atoms with Crippen molar-refractivity contribution in [1.29, 1.82) is 0 Å². The molecule has 1 saturated heterocycles. The van der Waals surface area contributed by atoms with Gasteiger partial charge in [-0.2, -0.15) is 0 Å². The number of aliphatic hydroxyl groups excluding tert-OH is 3. The predicted octanol–water partition coefficient (Wildman–Crippen LogP) is 2.12. The third-order valence-electron chi connectivity index (χ3n) is 8.05. The standard InChI is InChI=1S/C20H34O5/c1-12-4-7-16-19(2,9-8-17(23)20(16,3)11-21)14(12)6-5-13-15(22)10-25-18(13)24/h12-17,21-23H,4-11H2,1-3H3/t12-,13-,14+,15+,16-,17+,19-,20-/m0/s1. The van der Waals surface area contributed by atoms with E-state index in [9.17, 15) is 20.1 Å². The molecule has 1 heterocycles. The second kappa shape index (κ2) is 6.82. The van der Waals surface area contributed by atoms with Gasteiger partial charge in [-0.25, -0.2) is 0 Å². The van der Waals surface area contributed by atoms with Gasteiger partial charge in [-0.3, -0.25) is 4.79 Å². The van der Waals surface area contributed by atoms with Crippen molar-refractivity contribution in [1.82, 2.24) is 0 Å². The largest absolute Gasteiger partial charge is 0.463 e. The lowest BCUT2D eigenvalue weighted by Gasteiger charge is -2.61. The zero-order valence-corrected chi connectivity index (χ0v) is 15.8. The highest BCUT2D eigenvalue weighted by Crippen LogP contribution is 2.62. The summed E-state index contributed by atoms with van der Waals surface area (Å²) in [7, 11) is 0. The number of esters is 1. The first-order valence-electron chi connectivity index (χ1n) is 9.87. The zero-order valence-electron chi connectivity index (χ0n) is 15.8. The summed E-state index contributed by atoms with van der Waals surface area (Å²) in [5.41, 5.74) is -0.390. The van der Waals surface area contributed by atoms with E-state index in [4.69, 9.17) is 4.74 Å². The fraction of sp³-hybridized carbons (Fsp3) is 0.950. The number of hydrogen-bond donors (Lipinski definition) is 3. The summed E-state index contributed by atoms with van der Waals surface area (Å²) in [6.45, 7) is 6.78. The Bertz CT molecular complexity index is 508. The van der Waals surface area contributed by atoms with E-state index in [0.29, 0.717) is 18.3 Å². The van der Waals surface area contributed by atoms with Crippen molar-refractivity contribution in [3.8, 4) is 0 Å². The van der Waals surface area contributed by atoms with E-state index < -0.39 is 23.5 Å². The molecule has 0 aromatic carbocycles. The van der Waals surface area contributed by atoms with Gasteiger partial charge in [0.2, 0.25) is 0 Å². The van der Waals surface area contributed by atoms with Crippen molar-refractivity contribution in [3.05, 3.63) is 0 Å². The van der Waals surface area contributed by atoms with Crippen molar-refractivity contribution in [3.63, 3.8) is 0 Å². The fourth-order valence-corrected chi connectivity index (χ4v) is 6.37. The number of cyclic esters (lactones) is 1. The number of fused-ring (bicyclic) bond motifs is 1. The van der Waals surface area contributed by atoms with Gasteiger partial charge in [-0.15, -0.1) is 0 Å². The number of carbonyl (C=O) groups excluding carboxylic acids is 1. The van der Waals surface area contributed by atoms with E-state index in [1.165, 1.54) is 0 Å². The summed E-state index contributed by atoms with van der Waals surface area (Å²) < 4.78 is 4.99. The summed E-state index contributed by atoms with van der Waals surface area (Å²) in [5, 5.41) is 30.6. The van der Waals surface area contributed by atoms with E-state index in [0.717, 1.165) is 32.1 Å². The summed E-state index contributed by atoms with van der Waals surface area (Å²) >= 11 is 0. The first-order chi connectivity index (χ1) is 11.7. The van der Waals surface area contributed by atoms with Crippen molar-refractivity contribution < 1.29 is 24.9 Å². The minimum atomic E-state index is -0.675. The second-order valence-corrected chi connectivity index (χ2v) is 9.32. The maximum Gasteiger partial charge on any atom is 0.311 e. The fourth-order valence-electron chi connectivity index (χ4n) is 6.37. The van der Waals surface area contributed by atoms with E-state index in [1.807, 2.05) is 6.92 Å². The third-order valence-corrected chi connectivity index (χ3v) is 8.05. The number of carbonyl (C=O) groups is 1. The molecule has 3 rings (SSSR count). The van der Waals surface area contributed by atoms with Gasteiger partial charge in [0.1, 0.15) is 12.7 Å². The molecular formula is C20H34O5. The minimum Gasteiger partial charge on any atom is -0.463 e. The predicted molar refractivity (Wildman–Crippen MR) is 93.6 cm³/mol. The summed E-state index contributed by atoms with van der Waals surface area (Å²) in [4.78, 5) is 11.8. The molecule has 3 N–H and O–H groups in total. The van der Waals surface area contributed by atoms with Gasteiger partial charge in [0.05, 0.1) is 18.6 Å². The number of hydrogen-bond acceptors (Lipinski definition) is 5. The second-order valence-electron chi connectivity index (χ2n) is 9.32. The average Bonchev–Trinajstić information content (AvgIpc) is 2.89. The smallest absolute Gasteiger partial charge is 0.311 e. The Hall–Kier alpha value is -0.650. The highest BCUT2D eigenvalue weighted by Gasteiger charge is 2.58. The van der Waals surface area contributed by atoms with Gasteiger partial charge < -0.3 is 20.1 Å². The van der Waals surface area contributed by atoms with E-state index >= 15 is 0 Å². The van der Waals surface area contributed by atoms with Crippen molar-refractivity contribution in [2.75, 3.05) is 13.2 Å². The monoisotopic (exact) mass is 354 g/mol. The van der Waals surface area contributed by atoms with Crippen LogP contribution in [-0.2, 0) is 9.53 Å². The van der Waals surface area contributed by atoms with Gasteiger partial charge in [0.25, 0.3) is 0 Å². The molecule has 0 aromatic heterocycles. The van der Waals surface area contributed by atoms with Gasteiger partial charge >= 0.3 is 5.97 Å². The normalized spacial score (nSPS) is 50.4. The molecule has 2 aliphatic carbocycles. The molecule has 1 aliphatic heterocycles. The molecule has 0 amide bonds. The summed E-state index contributed by atoms with van der Waals surface area (Å²) in [6, 6.07) is 0. The Balaban J connectivity index is 1.79. The van der Waals surface area contributed by atoms with Gasteiger partial charge in [0.15, 0.2) is 0 Å². The molecule has 5 nitrogen and oxygen atoms in total. The molecule has 0 unspecified atom stereocenters. The Morgan fingerprint density at radius 1 is 1.16 bits per heavy atom. The lowest BCUT2D eigenvalue weighted by Crippen LogP contribution is -2.58. The SMILES string of the molecule is C[C@H]1CC[C@@H]2[C@](C)(CO)[C@H](O)CC[C@@]2(C)[C@@H]1CC[C@@H]1C(=O)OC[C@H]1O. The highest BCUT2D eigenvalue weighted by molar-refractivity contribution is 5.75. The third kappa shape index (κ3) is 3.02. The average molecular weight is 354 g/mol. The molecule has 0 radical (unpaired) electrons. The van der Waals surface area contributed by atoms with Crippen molar-refractivity contribution in [2.45, 2.75) is 71.5 Å². The van der Waals surface area contributed by atoms with Gasteiger partial charge in [-0.1, -0.05) is 27.2 Å². The van der Waals surface area contributed by atoms with Crippen LogP contribution >= 0.6 is 0 Å². The van der Waals surface area contributed by atoms with Crippen LogP contribution in [0.25, 0.3) is 0 Å². The molecule has 2 saturated carbocycles. The van der Waals surface area contributed by atoms with Crippen LogP contribution < -0.4 is 0 Å². The molecule has 0 spiro atoms. The molecular weight excluding hydrogens is 320 g/mol. The minimum absolute atomic E-state index is 0.0171. The molecule has 25 heavy (non-hydrogen) atoms. The van der Waals surface area contributed by atoms with Crippen molar-refractivity contribution in [2.24, 2.45) is 34.5 Å². The molecule has 144 valence electrons. The van der Waals surface area contributed by atoms with Crippen LogP contribution in [0.4, 0.5) is 0 Å². The van der Waals surface area contributed by atoms with Crippen LogP contribution in [0, 0.1) is 34.5 Å². The lowest BCUT2D eigenvalue weighted by atomic mass is 9.45. The topological polar surface area (TPSA) is 87.0 Å². The van der Waals surface area contributed by atoms with Crippen LogP contribution in [0.15, 0.2) is 0 Å². The first-order valence-corrected chi connectivity index (χ1v) is 9.87. The molecule has 8 atom stereocenters. The molecule has 0 aromatic rings.